The number of rotatable bonds is 5. The summed E-state index contributed by atoms with van der Waals surface area (Å²) in [6.07, 6.45) is 0.783. The van der Waals surface area contributed by atoms with Gasteiger partial charge in [-0.1, -0.05) is 23.7 Å². The van der Waals surface area contributed by atoms with Crippen molar-refractivity contribution in [2.75, 3.05) is 0 Å². The van der Waals surface area contributed by atoms with Crippen LogP contribution in [0.25, 0.3) is 5.78 Å². The summed E-state index contributed by atoms with van der Waals surface area (Å²) in [5.74, 6) is 1.46. The minimum atomic E-state index is -4.55. The molecule has 0 aliphatic carbocycles. The maximum absolute atomic E-state index is 13.0. The minimum absolute atomic E-state index is 0.0450. The molecule has 154 valence electrons. The number of benzene rings is 2. The second-order valence-corrected chi connectivity index (χ2v) is 6.94. The molecule has 2 heterocycles. The molecule has 30 heavy (non-hydrogen) atoms. The van der Waals surface area contributed by atoms with Crippen molar-refractivity contribution < 1.29 is 22.6 Å². The zero-order valence-electron chi connectivity index (χ0n) is 15.7. The molecule has 2 aromatic heterocycles. The van der Waals surface area contributed by atoms with Crippen LogP contribution in [0.1, 0.15) is 16.7 Å². The van der Waals surface area contributed by atoms with E-state index in [1.165, 1.54) is 6.07 Å². The Morgan fingerprint density at radius 1 is 1.07 bits per heavy atom. The van der Waals surface area contributed by atoms with Gasteiger partial charge in [0.15, 0.2) is 0 Å². The molecule has 0 saturated heterocycles. The average molecular weight is 434 g/mol. The van der Waals surface area contributed by atoms with E-state index in [0.717, 1.165) is 23.3 Å². The van der Waals surface area contributed by atoms with Gasteiger partial charge in [-0.15, -0.1) is 0 Å². The zero-order valence-corrected chi connectivity index (χ0v) is 16.4. The molecule has 0 aliphatic heterocycles. The third kappa shape index (κ3) is 4.33. The van der Waals surface area contributed by atoms with Crippen LogP contribution in [-0.4, -0.2) is 14.4 Å². The van der Waals surface area contributed by atoms with E-state index >= 15 is 0 Å². The van der Waals surface area contributed by atoms with Crippen molar-refractivity contribution in [3.63, 3.8) is 0 Å². The summed E-state index contributed by atoms with van der Waals surface area (Å²) < 4.78 is 52.0. The Balaban J connectivity index is 1.43. The lowest BCUT2D eigenvalue weighted by atomic mass is 10.2. The lowest BCUT2D eigenvalue weighted by Crippen LogP contribution is -2.05. The highest BCUT2D eigenvalue weighted by atomic mass is 35.5. The molecule has 4 aromatic rings. The van der Waals surface area contributed by atoms with Crippen LogP contribution in [0.4, 0.5) is 13.2 Å². The van der Waals surface area contributed by atoms with Gasteiger partial charge in [-0.05, 0) is 42.8 Å². The second-order valence-electron chi connectivity index (χ2n) is 6.54. The van der Waals surface area contributed by atoms with Crippen molar-refractivity contribution >= 4 is 17.4 Å². The minimum Gasteiger partial charge on any atom is -0.472 e. The highest BCUT2D eigenvalue weighted by Gasteiger charge is 2.33. The topological polar surface area (TPSA) is 48.7 Å². The van der Waals surface area contributed by atoms with Gasteiger partial charge in [0.1, 0.15) is 18.1 Å². The molecule has 0 unspecified atom stereocenters. The number of alkyl halides is 3. The van der Waals surface area contributed by atoms with Gasteiger partial charge in [0.25, 0.3) is 0 Å². The normalized spacial score (nSPS) is 11.6. The third-order valence-electron chi connectivity index (χ3n) is 4.30. The molecule has 0 aliphatic rings. The fourth-order valence-corrected chi connectivity index (χ4v) is 3.03. The number of aryl methyl sites for hydroxylation is 1. The van der Waals surface area contributed by atoms with Crippen LogP contribution in [0.2, 0.25) is 5.02 Å². The molecule has 0 radical (unpaired) electrons. The third-order valence-corrected chi connectivity index (χ3v) is 4.63. The highest BCUT2D eigenvalue weighted by Crippen LogP contribution is 2.37. The first-order valence-corrected chi connectivity index (χ1v) is 9.24. The molecule has 2 aromatic carbocycles. The van der Waals surface area contributed by atoms with Gasteiger partial charge in [0.05, 0.1) is 10.6 Å². The van der Waals surface area contributed by atoms with Gasteiger partial charge >= 0.3 is 6.18 Å². The van der Waals surface area contributed by atoms with Crippen LogP contribution in [-0.2, 0) is 12.8 Å². The zero-order chi connectivity index (χ0) is 21.3. The van der Waals surface area contributed by atoms with Crippen molar-refractivity contribution in [2.24, 2.45) is 0 Å². The first-order chi connectivity index (χ1) is 14.3. The first kappa shape index (κ1) is 20.0. The monoisotopic (exact) mass is 433 g/mol. The van der Waals surface area contributed by atoms with Gasteiger partial charge in [-0.2, -0.15) is 18.2 Å². The quantitative estimate of drug-likeness (QED) is 0.382. The Morgan fingerprint density at radius 3 is 2.53 bits per heavy atom. The number of fused-ring (bicyclic) bond motifs is 1. The van der Waals surface area contributed by atoms with E-state index in [9.17, 15) is 13.2 Å². The van der Waals surface area contributed by atoms with Crippen LogP contribution in [0.3, 0.4) is 0 Å². The van der Waals surface area contributed by atoms with Crippen molar-refractivity contribution in [3.05, 3.63) is 82.8 Å². The Bertz CT molecular complexity index is 1190. The number of aromatic nitrogens is 3. The highest BCUT2D eigenvalue weighted by molar-refractivity contribution is 6.31. The standard InChI is InChI=1S/C21H15ClF3N3O2/c1-13-11-28-9-8-26-20(28)27-19(13)29-12-14-2-4-15(5-3-14)30-16-6-7-18(22)17(10-16)21(23,24)25/h2-11H,12H2,1H3. The van der Waals surface area contributed by atoms with Crippen LogP contribution in [0.5, 0.6) is 17.4 Å². The van der Waals surface area contributed by atoms with Gasteiger partial charge in [-0.3, -0.25) is 4.40 Å². The van der Waals surface area contributed by atoms with Crippen molar-refractivity contribution in [1.82, 2.24) is 14.4 Å². The molecule has 0 saturated carbocycles. The lowest BCUT2D eigenvalue weighted by molar-refractivity contribution is -0.137. The largest absolute Gasteiger partial charge is 0.472 e. The molecular formula is C21H15ClF3N3O2. The smallest absolute Gasteiger partial charge is 0.417 e. The van der Waals surface area contributed by atoms with E-state index in [1.807, 2.05) is 13.1 Å². The number of imidazole rings is 1. The van der Waals surface area contributed by atoms with Crippen molar-refractivity contribution in [3.8, 4) is 17.4 Å². The Kier molecular flexibility index (Phi) is 5.26. The number of nitrogens with zero attached hydrogens (tertiary/aromatic N) is 3. The summed E-state index contributed by atoms with van der Waals surface area (Å²) in [5, 5.41) is -0.375. The summed E-state index contributed by atoms with van der Waals surface area (Å²) in [6, 6.07) is 10.2. The molecule has 0 bridgehead atoms. The van der Waals surface area contributed by atoms with Gasteiger partial charge < -0.3 is 9.47 Å². The van der Waals surface area contributed by atoms with Gasteiger partial charge in [-0.25, -0.2) is 4.98 Å². The van der Waals surface area contributed by atoms with Crippen LogP contribution in [0, 0.1) is 6.92 Å². The molecule has 0 spiro atoms. The number of ether oxygens (including phenoxy) is 2. The Morgan fingerprint density at radius 2 is 1.80 bits per heavy atom. The molecule has 4 rings (SSSR count). The maximum Gasteiger partial charge on any atom is 0.417 e. The molecular weight excluding hydrogens is 419 g/mol. The number of hydrogen-bond acceptors (Lipinski definition) is 4. The van der Waals surface area contributed by atoms with Crippen molar-refractivity contribution in [2.45, 2.75) is 19.7 Å². The second kappa shape index (κ2) is 7.87. The SMILES string of the molecule is Cc1cn2ccnc2nc1OCc1ccc(Oc2ccc(Cl)c(C(F)(F)F)c2)cc1. The average Bonchev–Trinajstić information content (AvgIpc) is 3.15. The van der Waals surface area contributed by atoms with Crippen LogP contribution in [0.15, 0.2) is 61.1 Å². The van der Waals surface area contributed by atoms with E-state index in [4.69, 9.17) is 21.1 Å². The van der Waals surface area contributed by atoms with Gasteiger partial charge in [0.2, 0.25) is 11.7 Å². The molecule has 0 fully saturated rings. The van der Waals surface area contributed by atoms with Gasteiger partial charge in [0, 0.05) is 24.2 Å². The molecule has 0 atom stereocenters. The van der Waals surface area contributed by atoms with E-state index in [2.05, 4.69) is 9.97 Å². The summed E-state index contributed by atoms with van der Waals surface area (Å²) in [6.45, 7) is 2.16. The van der Waals surface area contributed by atoms with E-state index in [1.54, 1.807) is 41.1 Å². The fourth-order valence-electron chi connectivity index (χ4n) is 2.81. The summed E-state index contributed by atoms with van der Waals surface area (Å²) in [4.78, 5) is 8.49. The maximum atomic E-state index is 13.0. The number of halogens is 4. The molecule has 0 amide bonds. The fraction of sp³-hybridized carbons (Fsp3) is 0.143. The summed E-state index contributed by atoms with van der Waals surface area (Å²) in [7, 11) is 0. The van der Waals surface area contributed by atoms with Crippen molar-refractivity contribution in [1.29, 1.82) is 0 Å². The number of hydrogen-bond donors (Lipinski definition) is 0. The predicted octanol–water partition coefficient (Wildman–Crippen LogP) is 6.08. The van der Waals surface area contributed by atoms with Crippen LogP contribution >= 0.6 is 11.6 Å². The van der Waals surface area contributed by atoms with E-state index in [0.29, 0.717) is 17.4 Å². The predicted molar refractivity (Wildman–Crippen MR) is 105 cm³/mol. The van der Waals surface area contributed by atoms with Crippen LogP contribution < -0.4 is 9.47 Å². The Hall–Kier alpha value is -3.26. The summed E-state index contributed by atoms with van der Waals surface area (Å²) in [5.41, 5.74) is 0.770. The molecule has 9 heteroatoms. The summed E-state index contributed by atoms with van der Waals surface area (Å²) >= 11 is 5.63. The van der Waals surface area contributed by atoms with E-state index in [-0.39, 0.29) is 17.4 Å². The van der Waals surface area contributed by atoms with E-state index < -0.39 is 11.7 Å². The Labute approximate surface area is 174 Å². The molecule has 5 nitrogen and oxygen atoms in total. The molecule has 0 N–H and O–H groups in total. The first-order valence-electron chi connectivity index (χ1n) is 8.86. The lowest BCUT2D eigenvalue weighted by Gasteiger charge is -2.12.